The Morgan fingerprint density at radius 1 is 1.04 bits per heavy atom. The lowest BCUT2D eigenvalue weighted by molar-refractivity contribution is 0.484. The minimum atomic E-state index is -4.03. The molecule has 0 atom stereocenters. The first-order valence-corrected chi connectivity index (χ1v) is 9.91. The Morgan fingerprint density at radius 3 is 2.37 bits per heavy atom. The summed E-state index contributed by atoms with van der Waals surface area (Å²) in [6.45, 7) is 3.60. The Morgan fingerprint density at radius 2 is 1.70 bits per heavy atom. The number of aromatic nitrogens is 2. The number of nitrogens with zero attached hydrogens (tertiary/aromatic N) is 2. The third-order valence-corrected chi connectivity index (χ3v) is 5.79. The van der Waals surface area contributed by atoms with E-state index in [1.807, 2.05) is 13.0 Å². The molecule has 0 aliphatic heterocycles. The fourth-order valence-corrected chi connectivity index (χ4v) is 3.55. The first-order valence-electron chi connectivity index (χ1n) is 7.74. The molecule has 27 heavy (non-hydrogen) atoms. The first kappa shape index (κ1) is 19.4. The molecule has 0 bridgehead atoms. The molecule has 0 aliphatic carbocycles. The van der Waals surface area contributed by atoms with E-state index in [2.05, 4.69) is 5.10 Å². The highest BCUT2D eigenvalue weighted by Gasteiger charge is 2.18. The molecule has 0 N–H and O–H groups in total. The summed E-state index contributed by atoms with van der Waals surface area (Å²) in [6.07, 6.45) is 1.24. The van der Waals surface area contributed by atoms with Crippen LogP contribution in [0.5, 0.6) is 5.75 Å². The second-order valence-electron chi connectivity index (χ2n) is 5.82. The van der Waals surface area contributed by atoms with Gasteiger partial charge in [-0.1, -0.05) is 35.3 Å². The monoisotopic (exact) mass is 424 g/mol. The van der Waals surface area contributed by atoms with Crippen molar-refractivity contribution in [2.24, 2.45) is 0 Å². The average molecular weight is 425 g/mol. The number of benzene rings is 2. The smallest absolute Gasteiger partial charge is 0.339 e. The molecule has 3 aromatic rings. The molecule has 2 aromatic carbocycles. The molecule has 9 heteroatoms. The summed E-state index contributed by atoms with van der Waals surface area (Å²) < 4.78 is 31.3. The zero-order valence-electron chi connectivity index (χ0n) is 14.3. The highest BCUT2D eigenvalue weighted by Crippen LogP contribution is 2.24. The van der Waals surface area contributed by atoms with Crippen molar-refractivity contribution in [1.82, 2.24) is 9.78 Å². The molecule has 0 aliphatic rings. The van der Waals surface area contributed by atoms with Crippen molar-refractivity contribution in [2.45, 2.75) is 18.7 Å². The van der Waals surface area contributed by atoms with E-state index in [1.165, 1.54) is 30.5 Å². The average Bonchev–Trinajstić information content (AvgIpc) is 2.63. The molecule has 0 fully saturated rings. The Bertz CT molecular complexity index is 1170. The first-order chi connectivity index (χ1) is 12.7. The van der Waals surface area contributed by atoms with E-state index in [1.54, 1.807) is 19.1 Å². The van der Waals surface area contributed by atoms with Gasteiger partial charge in [-0.3, -0.25) is 4.79 Å². The lowest BCUT2D eigenvalue weighted by Crippen LogP contribution is -2.21. The summed E-state index contributed by atoms with van der Waals surface area (Å²) >= 11 is 11.6. The lowest BCUT2D eigenvalue weighted by Gasteiger charge is -2.11. The summed E-state index contributed by atoms with van der Waals surface area (Å²) in [4.78, 5) is 12.1. The molecule has 6 nitrogen and oxygen atoms in total. The second kappa shape index (κ2) is 7.34. The number of hydrogen-bond acceptors (Lipinski definition) is 5. The van der Waals surface area contributed by atoms with Crippen molar-refractivity contribution in [3.05, 3.63) is 80.2 Å². The minimum Gasteiger partial charge on any atom is -0.379 e. The maximum atomic E-state index is 12.5. The largest absolute Gasteiger partial charge is 0.379 e. The van der Waals surface area contributed by atoms with Gasteiger partial charge in [0.1, 0.15) is 15.7 Å². The van der Waals surface area contributed by atoms with E-state index in [9.17, 15) is 13.2 Å². The van der Waals surface area contributed by atoms with Crippen molar-refractivity contribution in [1.29, 1.82) is 0 Å². The molecular formula is C18H14Cl2N2O4S. The summed E-state index contributed by atoms with van der Waals surface area (Å²) in [7, 11) is -4.03. The van der Waals surface area contributed by atoms with Gasteiger partial charge in [0.25, 0.3) is 5.56 Å². The molecular weight excluding hydrogens is 411 g/mol. The zero-order valence-corrected chi connectivity index (χ0v) is 16.6. The Hall–Kier alpha value is -2.35. The molecule has 0 radical (unpaired) electrons. The molecule has 0 saturated heterocycles. The Labute approximate surface area is 166 Å². The normalized spacial score (nSPS) is 11.4. The van der Waals surface area contributed by atoms with Gasteiger partial charge < -0.3 is 4.18 Å². The third kappa shape index (κ3) is 4.00. The maximum absolute atomic E-state index is 12.5. The van der Waals surface area contributed by atoms with Crippen LogP contribution in [-0.2, 0) is 10.1 Å². The van der Waals surface area contributed by atoms with Crippen LogP contribution in [0, 0.1) is 13.8 Å². The molecule has 140 valence electrons. The highest BCUT2D eigenvalue weighted by atomic mass is 35.5. The van der Waals surface area contributed by atoms with E-state index in [0.29, 0.717) is 11.3 Å². The molecule has 0 saturated carbocycles. The predicted molar refractivity (Wildman–Crippen MR) is 104 cm³/mol. The van der Waals surface area contributed by atoms with Gasteiger partial charge in [-0.2, -0.15) is 18.2 Å². The van der Waals surface area contributed by atoms with Crippen LogP contribution in [0.15, 0.2) is 58.4 Å². The quantitative estimate of drug-likeness (QED) is 0.592. The van der Waals surface area contributed by atoms with E-state index < -0.39 is 15.7 Å². The van der Waals surface area contributed by atoms with Gasteiger partial charge >= 0.3 is 10.1 Å². The van der Waals surface area contributed by atoms with Crippen LogP contribution in [0.2, 0.25) is 10.0 Å². The van der Waals surface area contributed by atoms with Crippen LogP contribution >= 0.6 is 23.2 Å². The molecule has 3 rings (SSSR count). The molecule has 0 spiro atoms. The number of halogens is 2. The maximum Gasteiger partial charge on any atom is 0.339 e. The topological polar surface area (TPSA) is 78.3 Å². The van der Waals surface area contributed by atoms with Gasteiger partial charge in [-0.05, 0) is 55.3 Å². The second-order valence-corrected chi connectivity index (χ2v) is 8.16. The van der Waals surface area contributed by atoms with Gasteiger partial charge in [0.15, 0.2) is 0 Å². The highest BCUT2D eigenvalue weighted by molar-refractivity contribution is 7.87. The SMILES string of the molecule is Cc1ccc(C)c(OS(=O)(=O)c2ccc(-n3ncc(Cl)c(Cl)c3=O)cc2)c1. The van der Waals surface area contributed by atoms with E-state index in [4.69, 9.17) is 27.4 Å². The van der Waals surface area contributed by atoms with E-state index in [0.717, 1.165) is 10.2 Å². The van der Waals surface area contributed by atoms with Crippen molar-refractivity contribution in [3.8, 4) is 11.4 Å². The van der Waals surface area contributed by atoms with Crippen LogP contribution in [0.1, 0.15) is 11.1 Å². The summed E-state index contributed by atoms with van der Waals surface area (Å²) in [6, 6.07) is 10.8. The molecule has 1 aromatic heterocycles. The minimum absolute atomic E-state index is 0.0408. The Balaban J connectivity index is 1.94. The summed E-state index contributed by atoms with van der Waals surface area (Å²) in [5.41, 5.74) is 1.31. The van der Waals surface area contributed by atoms with Crippen LogP contribution in [0.25, 0.3) is 5.69 Å². The zero-order chi connectivity index (χ0) is 19.8. The van der Waals surface area contributed by atoms with Crippen LogP contribution < -0.4 is 9.74 Å². The third-order valence-electron chi connectivity index (χ3n) is 3.79. The van der Waals surface area contributed by atoms with Gasteiger partial charge in [0.05, 0.1) is 16.9 Å². The summed E-state index contributed by atoms with van der Waals surface area (Å²) in [5, 5.41) is 3.77. The van der Waals surface area contributed by atoms with Crippen molar-refractivity contribution in [3.63, 3.8) is 0 Å². The van der Waals surface area contributed by atoms with Crippen molar-refractivity contribution < 1.29 is 12.6 Å². The van der Waals surface area contributed by atoms with Crippen LogP contribution in [0.3, 0.4) is 0 Å². The van der Waals surface area contributed by atoms with E-state index in [-0.39, 0.29) is 20.7 Å². The standard InChI is InChI=1S/C18H14Cl2N2O4S/c1-11-3-4-12(2)16(9-11)26-27(24,25)14-7-5-13(6-8-14)22-18(23)17(20)15(19)10-21-22/h3-10H,1-2H3. The fraction of sp³-hybridized carbons (Fsp3) is 0.111. The molecule has 0 amide bonds. The number of hydrogen-bond donors (Lipinski definition) is 0. The number of rotatable bonds is 4. The van der Waals surface area contributed by atoms with Crippen molar-refractivity contribution >= 4 is 33.3 Å². The van der Waals surface area contributed by atoms with Crippen LogP contribution in [0.4, 0.5) is 0 Å². The molecule has 1 heterocycles. The van der Waals surface area contributed by atoms with Crippen LogP contribution in [-0.4, -0.2) is 18.2 Å². The molecule has 0 unspecified atom stereocenters. The van der Waals surface area contributed by atoms with E-state index >= 15 is 0 Å². The summed E-state index contributed by atoms with van der Waals surface area (Å²) in [5.74, 6) is 0.265. The van der Waals surface area contributed by atoms with Gasteiger partial charge in [-0.15, -0.1) is 0 Å². The Kier molecular flexibility index (Phi) is 5.28. The van der Waals surface area contributed by atoms with Gasteiger partial charge in [0.2, 0.25) is 0 Å². The number of aryl methyl sites for hydroxylation is 2. The lowest BCUT2D eigenvalue weighted by atomic mass is 10.1. The van der Waals surface area contributed by atoms with Gasteiger partial charge in [-0.25, -0.2) is 0 Å². The predicted octanol–water partition coefficient (Wildman–Crippen LogP) is 3.92. The van der Waals surface area contributed by atoms with Gasteiger partial charge in [0, 0.05) is 0 Å². The van der Waals surface area contributed by atoms with Crippen molar-refractivity contribution in [2.75, 3.05) is 0 Å². The fourth-order valence-electron chi connectivity index (χ4n) is 2.31.